The van der Waals surface area contributed by atoms with Crippen molar-refractivity contribution in [2.45, 2.75) is 45.6 Å². The van der Waals surface area contributed by atoms with Gasteiger partial charge in [0.15, 0.2) is 0 Å². The van der Waals surface area contributed by atoms with Crippen molar-refractivity contribution in [2.24, 2.45) is 0 Å². The van der Waals surface area contributed by atoms with Crippen LogP contribution in [0.3, 0.4) is 0 Å². The Kier molecular flexibility index (Phi) is 6.22. The van der Waals surface area contributed by atoms with E-state index in [9.17, 15) is 27.5 Å². The van der Waals surface area contributed by atoms with Crippen molar-refractivity contribution >= 4 is 38.9 Å². The summed E-state index contributed by atoms with van der Waals surface area (Å²) in [5.41, 5.74) is 0.410. The van der Waals surface area contributed by atoms with Crippen LogP contribution in [0.15, 0.2) is 40.8 Å². The molecule has 0 bridgehead atoms. The average molecular weight is 505 g/mol. The van der Waals surface area contributed by atoms with Gasteiger partial charge in [-0.2, -0.15) is 8.42 Å². The van der Waals surface area contributed by atoms with Crippen molar-refractivity contribution in [3.63, 3.8) is 0 Å². The Hall–Kier alpha value is -3.60. The Morgan fingerprint density at radius 3 is 2.46 bits per heavy atom. The molecule has 0 saturated carbocycles. The fraction of sp³-hybridized carbons (Fsp3) is 0.333. The largest absolute Gasteiger partial charge is 0.478 e. The van der Waals surface area contributed by atoms with Gasteiger partial charge in [-0.3, -0.25) is 4.31 Å². The molecule has 1 aliphatic rings. The monoisotopic (exact) mass is 504 g/mol. The molecule has 186 valence electrons. The van der Waals surface area contributed by atoms with Gasteiger partial charge in [0.2, 0.25) is 0 Å². The highest BCUT2D eigenvalue weighted by Gasteiger charge is 2.32. The van der Waals surface area contributed by atoms with Crippen molar-refractivity contribution in [3.8, 4) is 11.3 Å². The molecule has 0 saturated heterocycles. The number of benzene rings is 2. The first-order chi connectivity index (χ1) is 16.4. The van der Waals surface area contributed by atoms with Crippen LogP contribution < -0.4 is 9.03 Å². The third kappa shape index (κ3) is 5.09. The lowest BCUT2D eigenvalue weighted by Crippen LogP contribution is -2.45. The van der Waals surface area contributed by atoms with Crippen molar-refractivity contribution in [2.75, 3.05) is 10.8 Å². The Morgan fingerprint density at radius 1 is 1.14 bits per heavy atom. The number of anilines is 1. The summed E-state index contributed by atoms with van der Waals surface area (Å²) in [6.07, 6.45) is 0.578. The molecule has 0 unspecified atom stereocenters. The second kappa shape index (κ2) is 8.88. The fourth-order valence-corrected chi connectivity index (χ4v) is 5.19. The number of carbonyl (C=O) groups is 2. The van der Waals surface area contributed by atoms with Gasteiger partial charge >= 0.3 is 22.3 Å². The van der Waals surface area contributed by atoms with Crippen LogP contribution in [0.4, 0.5) is 14.9 Å². The number of hydrogen-bond donors (Lipinski definition) is 2. The quantitative estimate of drug-likeness (QED) is 0.520. The number of nitrogens with zero attached hydrogens (tertiary/aromatic N) is 1. The Bertz CT molecular complexity index is 1410. The van der Waals surface area contributed by atoms with E-state index in [0.717, 1.165) is 4.31 Å². The summed E-state index contributed by atoms with van der Waals surface area (Å²) >= 11 is 0. The van der Waals surface area contributed by atoms with Crippen LogP contribution in [0, 0.1) is 5.82 Å². The van der Waals surface area contributed by atoms with Crippen LogP contribution in [0.5, 0.6) is 0 Å². The maximum absolute atomic E-state index is 13.4. The molecule has 1 amide bonds. The highest BCUT2D eigenvalue weighted by Crippen LogP contribution is 2.39. The molecule has 0 spiro atoms. The Balaban J connectivity index is 1.82. The van der Waals surface area contributed by atoms with Crippen LogP contribution in [0.25, 0.3) is 22.3 Å². The van der Waals surface area contributed by atoms with Gasteiger partial charge in [-0.25, -0.2) is 18.7 Å². The number of nitrogens with one attached hydrogen (secondary N) is 1. The smallest absolute Gasteiger partial charge is 0.422 e. The van der Waals surface area contributed by atoms with E-state index in [1.165, 1.54) is 30.3 Å². The maximum atomic E-state index is 13.4. The minimum Gasteiger partial charge on any atom is -0.478 e. The average Bonchev–Trinajstić information content (AvgIpc) is 2.96. The third-order valence-corrected chi connectivity index (χ3v) is 6.82. The molecule has 3 aromatic rings. The van der Waals surface area contributed by atoms with E-state index in [2.05, 4.69) is 0 Å². The Labute approximate surface area is 201 Å². The lowest BCUT2D eigenvalue weighted by atomic mass is 10.0. The summed E-state index contributed by atoms with van der Waals surface area (Å²) in [4.78, 5) is 24.3. The SMILES string of the molecule is CC(C)(C)OC(=O)NS(=O)(=O)N1CCCCc2cc3c(C(=O)O)c(-c4ccc(F)cc4)oc3cc21. The van der Waals surface area contributed by atoms with Crippen molar-refractivity contribution in [1.82, 2.24) is 4.72 Å². The number of amides is 1. The number of carbonyl (C=O) groups excluding carboxylic acids is 1. The number of furan rings is 1. The third-order valence-electron chi connectivity index (χ3n) is 5.44. The zero-order valence-corrected chi connectivity index (χ0v) is 20.2. The van der Waals surface area contributed by atoms with Gasteiger partial charge in [-0.1, -0.05) is 0 Å². The van der Waals surface area contributed by atoms with Crippen molar-refractivity contribution in [3.05, 3.63) is 53.3 Å². The van der Waals surface area contributed by atoms with Gasteiger partial charge in [0.05, 0.1) is 5.69 Å². The molecule has 1 aliphatic heterocycles. The van der Waals surface area contributed by atoms with E-state index >= 15 is 0 Å². The second-order valence-corrected chi connectivity index (χ2v) is 10.8. The van der Waals surface area contributed by atoms with E-state index in [1.807, 2.05) is 4.72 Å². The second-order valence-electron chi connectivity index (χ2n) is 9.23. The lowest BCUT2D eigenvalue weighted by molar-refractivity contribution is 0.0569. The van der Waals surface area contributed by atoms with Gasteiger partial charge in [0.25, 0.3) is 0 Å². The highest BCUT2D eigenvalue weighted by molar-refractivity contribution is 7.91. The number of hydrogen-bond acceptors (Lipinski definition) is 6. The summed E-state index contributed by atoms with van der Waals surface area (Å²) in [6, 6.07) is 8.27. The van der Waals surface area contributed by atoms with Gasteiger partial charge < -0.3 is 14.3 Å². The molecule has 0 atom stereocenters. The van der Waals surface area contributed by atoms with Gasteiger partial charge in [0.1, 0.15) is 28.3 Å². The molecule has 0 fully saturated rings. The number of carboxylic acid groups (broad SMARTS) is 1. The molecule has 1 aromatic heterocycles. The molecule has 0 radical (unpaired) electrons. The first-order valence-electron chi connectivity index (χ1n) is 11.0. The van der Waals surface area contributed by atoms with E-state index in [1.54, 1.807) is 26.8 Å². The number of fused-ring (bicyclic) bond motifs is 2. The van der Waals surface area contributed by atoms with Crippen LogP contribution in [-0.2, 0) is 21.4 Å². The summed E-state index contributed by atoms with van der Waals surface area (Å²) in [7, 11) is -4.33. The number of rotatable bonds is 4. The standard InChI is InChI=1S/C24H25FN2O7S/c1-24(2,3)34-23(30)26-35(31,32)27-11-5-4-6-15-12-17-19(13-18(15)27)33-21(20(17)22(28)29)14-7-9-16(25)10-8-14/h7-10,12-13H,4-6,11H2,1-3H3,(H,26,30)(H,28,29). The molecule has 35 heavy (non-hydrogen) atoms. The van der Waals surface area contributed by atoms with Crippen LogP contribution in [0.2, 0.25) is 0 Å². The number of halogens is 1. The topological polar surface area (TPSA) is 126 Å². The van der Waals surface area contributed by atoms with Crippen molar-refractivity contribution < 1.29 is 36.7 Å². The molecule has 2 aromatic carbocycles. The number of ether oxygens (including phenoxy) is 1. The summed E-state index contributed by atoms with van der Waals surface area (Å²) in [5.74, 6) is -1.67. The van der Waals surface area contributed by atoms with E-state index in [4.69, 9.17) is 9.15 Å². The molecule has 2 N–H and O–H groups in total. The summed E-state index contributed by atoms with van der Waals surface area (Å²) in [6.45, 7) is 4.96. The summed E-state index contributed by atoms with van der Waals surface area (Å²) in [5, 5.41) is 10.2. The zero-order chi connectivity index (χ0) is 25.5. The normalized spacial score (nSPS) is 14.3. The molecule has 9 nitrogen and oxygen atoms in total. The lowest BCUT2D eigenvalue weighted by Gasteiger charge is -2.26. The zero-order valence-electron chi connectivity index (χ0n) is 19.4. The predicted molar refractivity (Wildman–Crippen MR) is 127 cm³/mol. The molecule has 2 heterocycles. The van der Waals surface area contributed by atoms with E-state index in [0.29, 0.717) is 35.8 Å². The number of carboxylic acids is 1. The number of aryl methyl sites for hydroxylation is 1. The number of aromatic carboxylic acids is 1. The molecule has 11 heteroatoms. The first kappa shape index (κ1) is 24.5. The minimum atomic E-state index is -4.33. The van der Waals surface area contributed by atoms with E-state index in [-0.39, 0.29) is 29.1 Å². The molecular weight excluding hydrogens is 479 g/mol. The Morgan fingerprint density at radius 2 is 1.83 bits per heavy atom. The maximum Gasteiger partial charge on any atom is 0.422 e. The minimum absolute atomic E-state index is 0.0361. The van der Waals surface area contributed by atoms with Crippen LogP contribution >= 0.6 is 0 Å². The van der Waals surface area contributed by atoms with Gasteiger partial charge in [0, 0.05) is 23.6 Å². The highest BCUT2D eigenvalue weighted by atomic mass is 32.2. The molecule has 0 aliphatic carbocycles. The summed E-state index contributed by atoms with van der Waals surface area (Å²) < 4.78 is 53.6. The van der Waals surface area contributed by atoms with Crippen molar-refractivity contribution in [1.29, 1.82) is 0 Å². The van der Waals surface area contributed by atoms with Crippen LogP contribution in [0.1, 0.15) is 49.5 Å². The fourth-order valence-electron chi connectivity index (χ4n) is 4.03. The van der Waals surface area contributed by atoms with Gasteiger partial charge in [-0.05, 0) is 75.9 Å². The predicted octanol–water partition coefficient (Wildman–Crippen LogP) is 4.85. The van der Waals surface area contributed by atoms with E-state index < -0.39 is 33.7 Å². The molecular formula is C24H25FN2O7S. The van der Waals surface area contributed by atoms with Gasteiger partial charge in [-0.15, -0.1) is 0 Å². The first-order valence-corrected chi connectivity index (χ1v) is 12.4. The molecule has 4 rings (SSSR count). The van der Waals surface area contributed by atoms with Crippen LogP contribution in [-0.4, -0.2) is 37.7 Å².